The van der Waals surface area contributed by atoms with Crippen molar-refractivity contribution in [3.05, 3.63) is 16.8 Å². The first kappa shape index (κ1) is 15.3. The average Bonchev–Trinajstić information content (AvgIpc) is 3.05. The Morgan fingerprint density at radius 1 is 1.35 bits per heavy atom. The van der Waals surface area contributed by atoms with Gasteiger partial charge in [0.1, 0.15) is 17.0 Å². The number of nitrogens with zero attached hydrogens (tertiary/aromatic N) is 3. The number of thiophene rings is 1. The van der Waals surface area contributed by atoms with Crippen LogP contribution in [-0.2, 0) is 22.9 Å². The van der Waals surface area contributed by atoms with E-state index in [4.69, 9.17) is 0 Å². The van der Waals surface area contributed by atoms with Crippen LogP contribution in [0.3, 0.4) is 0 Å². The molecule has 6 nitrogen and oxygen atoms in total. The molecule has 0 bridgehead atoms. The lowest BCUT2D eigenvalue weighted by Crippen LogP contribution is -2.52. The number of hydrogen-bond acceptors (Lipinski definition) is 6. The van der Waals surface area contributed by atoms with Gasteiger partial charge in [0.25, 0.3) is 0 Å². The van der Waals surface area contributed by atoms with Gasteiger partial charge in [-0.1, -0.05) is 0 Å². The summed E-state index contributed by atoms with van der Waals surface area (Å²) in [7, 11) is -3.03. The zero-order valence-electron chi connectivity index (χ0n) is 13.1. The minimum absolute atomic E-state index is 0.181. The predicted molar refractivity (Wildman–Crippen MR) is 92.5 cm³/mol. The first-order valence-electron chi connectivity index (χ1n) is 8.05. The molecule has 23 heavy (non-hydrogen) atoms. The van der Waals surface area contributed by atoms with E-state index < -0.39 is 10.0 Å². The third-order valence-electron chi connectivity index (χ3n) is 4.74. The number of nitrogens with one attached hydrogen (secondary N) is 1. The molecule has 0 amide bonds. The third kappa shape index (κ3) is 2.62. The van der Waals surface area contributed by atoms with E-state index in [0.717, 1.165) is 30.0 Å². The maximum absolute atomic E-state index is 11.8. The Hall–Kier alpha value is -1.25. The van der Waals surface area contributed by atoms with Crippen LogP contribution in [0, 0.1) is 5.92 Å². The molecule has 124 valence electrons. The Morgan fingerprint density at radius 2 is 2.17 bits per heavy atom. The average molecular weight is 352 g/mol. The van der Waals surface area contributed by atoms with Crippen molar-refractivity contribution in [2.75, 3.05) is 30.7 Å². The second kappa shape index (κ2) is 5.68. The van der Waals surface area contributed by atoms with E-state index >= 15 is 0 Å². The Balaban J connectivity index is 1.46. The van der Waals surface area contributed by atoms with Gasteiger partial charge in [-0.25, -0.2) is 22.7 Å². The van der Waals surface area contributed by atoms with Crippen molar-refractivity contribution in [3.8, 4) is 0 Å². The van der Waals surface area contributed by atoms with Crippen molar-refractivity contribution in [2.24, 2.45) is 5.92 Å². The summed E-state index contributed by atoms with van der Waals surface area (Å²) in [4.78, 5) is 11.3. The summed E-state index contributed by atoms with van der Waals surface area (Å²) in [5, 5.41) is 4.61. The molecule has 1 aliphatic carbocycles. The molecule has 0 atom stereocenters. The molecule has 1 aliphatic heterocycles. The SMILES string of the molecule is CCS(=O)(=O)N1CC(CNc2ncnc3sc4c(c23)CCC4)C1. The monoisotopic (exact) mass is 352 g/mol. The van der Waals surface area contributed by atoms with Gasteiger partial charge in [0.15, 0.2) is 0 Å². The minimum Gasteiger partial charge on any atom is -0.369 e. The van der Waals surface area contributed by atoms with E-state index in [-0.39, 0.29) is 5.75 Å². The molecule has 0 aromatic carbocycles. The number of sulfonamides is 1. The third-order valence-corrected chi connectivity index (χ3v) is 7.76. The van der Waals surface area contributed by atoms with Crippen molar-refractivity contribution < 1.29 is 8.42 Å². The Kier molecular flexibility index (Phi) is 3.78. The van der Waals surface area contributed by atoms with Crippen molar-refractivity contribution >= 4 is 37.4 Å². The number of aryl methyl sites for hydroxylation is 2. The first-order chi connectivity index (χ1) is 11.1. The van der Waals surface area contributed by atoms with Crippen LogP contribution in [0.5, 0.6) is 0 Å². The van der Waals surface area contributed by atoms with Gasteiger partial charge in [0.2, 0.25) is 10.0 Å². The number of rotatable bonds is 5. The number of hydrogen-bond donors (Lipinski definition) is 1. The predicted octanol–water partition coefficient (Wildman–Crippen LogP) is 1.87. The standard InChI is InChI=1S/C15H20N4O2S2/c1-2-23(20,21)19-7-10(8-19)6-16-14-13-11-4-3-5-12(11)22-15(13)18-9-17-14/h9-10H,2-8H2,1H3,(H,16,17,18). The van der Waals surface area contributed by atoms with Crippen LogP contribution in [0.1, 0.15) is 23.8 Å². The van der Waals surface area contributed by atoms with E-state index in [2.05, 4.69) is 15.3 Å². The van der Waals surface area contributed by atoms with E-state index in [1.807, 2.05) is 0 Å². The van der Waals surface area contributed by atoms with Gasteiger partial charge < -0.3 is 5.32 Å². The lowest BCUT2D eigenvalue weighted by Gasteiger charge is -2.38. The molecule has 1 saturated heterocycles. The number of fused-ring (bicyclic) bond motifs is 3. The van der Waals surface area contributed by atoms with Crippen LogP contribution in [0.4, 0.5) is 5.82 Å². The molecule has 2 aliphatic rings. The summed E-state index contributed by atoms with van der Waals surface area (Å²) < 4.78 is 25.1. The Bertz CT molecular complexity index is 841. The van der Waals surface area contributed by atoms with Crippen LogP contribution in [-0.4, -0.2) is 48.1 Å². The molecule has 0 spiro atoms. The van der Waals surface area contributed by atoms with Gasteiger partial charge >= 0.3 is 0 Å². The summed E-state index contributed by atoms with van der Waals surface area (Å²) in [6.07, 6.45) is 5.11. The van der Waals surface area contributed by atoms with Gasteiger partial charge in [-0.3, -0.25) is 0 Å². The second-order valence-corrected chi connectivity index (χ2v) is 9.57. The highest BCUT2D eigenvalue weighted by atomic mass is 32.2. The quantitative estimate of drug-likeness (QED) is 0.889. The highest BCUT2D eigenvalue weighted by Gasteiger charge is 2.34. The maximum Gasteiger partial charge on any atom is 0.213 e. The largest absolute Gasteiger partial charge is 0.369 e. The zero-order valence-corrected chi connectivity index (χ0v) is 14.7. The van der Waals surface area contributed by atoms with Crippen LogP contribution in [0.2, 0.25) is 0 Å². The van der Waals surface area contributed by atoms with E-state index in [1.165, 1.54) is 22.2 Å². The first-order valence-corrected chi connectivity index (χ1v) is 10.5. The Labute approximate surface area is 140 Å². The van der Waals surface area contributed by atoms with E-state index in [9.17, 15) is 8.42 Å². The summed E-state index contributed by atoms with van der Waals surface area (Å²) in [6, 6.07) is 0. The molecule has 0 radical (unpaired) electrons. The molecular weight excluding hydrogens is 332 g/mol. The Morgan fingerprint density at radius 3 is 2.96 bits per heavy atom. The number of anilines is 1. The van der Waals surface area contributed by atoms with Crippen molar-refractivity contribution in [1.82, 2.24) is 14.3 Å². The molecule has 0 unspecified atom stereocenters. The molecule has 0 saturated carbocycles. The van der Waals surface area contributed by atoms with Crippen LogP contribution < -0.4 is 5.32 Å². The van der Waals surface area contributed by atoms with Crippen molar-refractivity contribution in [2.45, 2.75) is 26.2 Å². The fraction of sp³-hybridized carbons (Fsp3) is 0.600. The maximum atomic E-state index is 11.8. The van der Waals surface area contributed by atoms with E-state index in [1.54, 1.807) is 28.9 Å². The summed E-state index contributed by atoms with van der Waals surface area (Å²) in [6.45, 7) is 3.67. The molecule has 4 rings (SSSR count). The zero-order chi connectivity index (χ0) is 16.0. The van der Waals surface area contributed by atoms with Crippen LogP contribution in [0.25, 0.3) is 10.2 Å². The molecule has 2 aromatic rings. The molecule has 3 heterocycles. The molecule has 1 N–H and O–H groups in total. The highest BCUT2D eigenvalue weighted by Crippen LogP contribution is 2.39. The second-order valence-electron chi connectivity index (χ2n) is 6.22. The fourth-order valence-electron chi connectivity index (χ4n) is 3.36. The molecule has 1 fully saturated rings. The van der Waals surface area contributed by atoms with Crippen LogP contribution in [0.15, 0.2) is 6.33 Å². The highest BCUT2D eigenvalue weighted by molar-refractivity contribution is 7.89. The normalized spacial score (nSPS) is 19.0. The topological polar surface area (TPSA) is 75.2 Å². The van der Waals surface area contributed by atoms with Crippen molar-refractivity contribution in [3.63, 3.8) is 0 Å². The molecular formula is C15H20N4O2S2. The minimum atomic E-state index is -3.03. The molecule has 8 heteroatoms. The smallest absolute Gasteiger partial charge is 0.213 e. The van der Waals surface area contributed by atoms with Gasteiger partial charge in [-0.05, 0) is 31.7 Å². The molecule has 2 aromatic heterocycles. The summed E-state index contributed by atoms with van der Waals surface area (Å²) in [5.74, 6) is 1.44. The summed E-state index contributed by atoms with van der Waals surface area (Å²) in [5.41, 5.74) is 1.41. The fourth-order valence-corrected chi connectivity index (χ4v) is 5.83. The van der Waals surface area contributed by atoms with E-state index in [0.29, 0.717) is 19.0 Å². The van der Waals surface area contributed by atoms with Gasteiger partial charge in [-0.2, -0.15) is 0 Å². The van der Waals surface area contributed by atoms with Gasteiger partial charge in [-0.15, -0.1) is 11.3 Å². The van der Waals surface area contributed by atoms with Crippen LogP contribution >= 0.6 is 11.3 Å². The number of aromatic nitrogens is 2. The van der Waals surface area contributed by atoms with Crippen molar-refractivity contribution in [1.29, 1.82) is 0 Å². The van der Waals surface area contributed by atoms with Gasteiger partial charge in [0, 0.05) is 30.4 Å². The van der Waals surface area contributed by atoms with Gasteiger partial charge in [0.05, 0.1) is 11.1 Å². The lowest BCUT2D eigenvalue weighted by molar-refractivity contribution is 0.212. The lowest BCUT2D eigenvalue weighted by atomic mass is 10.0. The summed E-state index contributed by atoms with van der Waals surface area (Å²) >= 11 is 1.78.